The van der Waals surface area contributed by atoms with Crippen molar-refractivity contribution in [1.82, 2.24) is 4.90 Å². The Hall–Kier alpha value is -1.74. The lowest BCUT2D eigenvalue weighted by Gasteiger charge is -2.52. The maximum atomic E-state index is 14.7. The molecule has 4 aliphatic carbocycles. The number of ether oxygens (including phenoxy) is 4. The summed E-state index contributed by atoms with van der Waals surface area (Å²) in [4.78, 5) is 29.5. The van der Waals surface area contributed by atoms with Crippen LogP contribution in [0.1, 0.15) is 48.0 Å². The molecule has 2 saturated heterocycles. The van der Waals surface area contributed by atoms with E-state index < -0.39 is 35.1 Å². The molecule has 1 amide bonds. The van der Waals surface area contributed by atoms with Gasteiger partial charge in [-0.1, -0.05) is 32.9 Å². The third-order valence-corrected chi connectivity index (χ3v) is 10.2. The molecule has 0 aromatic heterocycles. The van der Waals surface area contributed by atoms with E-state index in [-0.39, 0.29) is 35.6 Å². The summed E-state index contributed by atoms with van der Waals surface area (Å²) in [5, 5.41) is 13.0. The molecule has 2 aliphatic heterocycles. The van der Waals surface area contributed by atoms with Crippen LogP contribution in [-0.2, 0) is 23.7 Å². The number of aliphatic hydroxyl groups is 1. The maximum absolute atomic E-state index is 14.7. The van der Waals surface area contributed by atoms with Gasteiger partial charge >= 0.3 is 6.09 Å². The smallest absolute Gasteiger partial charge is 0.410 e. The fourth-order valence-electron chi connectivity index (χ4n) is 8.22. The van der Waals surface area contributed by atoms with Crippen molar-refractivity contribution in [2.24, 2.45) is 34.5 Å². The Balaban J connectivity index is 1.49. The molecule has 198 valence electrons. The summed E-state index contributed by atoms with van der Waals surface area (Å²) in [6.45, 7) is 14.1. The maximum Gasteiger partial charge on any atom is 0.410 e. The number of rotatable bonds is 1. The zero-order valence-corrected chi connectivity index (χ0v) is 22.2. The molecule has 6 aliphatic rings. The zero-order chi connectivity index (χ0) is 25.8. The van der Waals surface area contributed by atoms with Crippen molar-refractivity contribution in [3.63, 3.8) is 0 Å². The number of fused-ring (bicyclic) bond motifs is 5. The van der Waals surface area contributed by atoms with Gasteiger partial charge in [0.25, 0.3) is 0 Å². The van der Waals surface area contributed by atoms with Crippen molar-refractivity contribution >= 4 is 11.9 Å². The number of amides is 1. The fourth-order valence-corrected chi connectivity index (χ4v) is 8.22. The van der Waals surface area contributed by atoms with Crippen LogP contribution in [0.3, 0.4) is 0 Å². The van der Waals surface area contributed by atoms with E-state index in [1.807, 2.05) is 32.9 Å². The second-order valence-corrected chi connectivity index (χ2v) is 12.9. The lowest BCUT2D eigenvalue weighted by atomic mass is 9.59. The molecular weight excluding hydrogens is 462 g/mol. The van der Waals surface area contributed by atoms with Crippen molar-refractivity contribution < 1.29 is 33.6 Å². The van der Waals surface area contributed by atoms with Gasteiger partial charge in [0.15, 0.2) is 23.3 Å². The molecule has 2 bridgehead atoms. The Bertz CT molecular complexity index is 1060. The first-order valence-corrected chi connectivity index (χ1v) is 13.4. The number of allylic oxidation sites excluding steroid dienone is 1. The highest BCUT2D eigenvalue weighted by Crippen LogP contribution is 2.72. The highest BCUT2D eigenvalue weighted by atomic mass is 16.7. The predicted octanol–water partition coefficient (Wildman–Crippen LogP) is 3.09. The minimum atomic E-state index is -1.78. The summed E-state index contributed by atoms with van der Waals surface area (Å²) in [6.07, 6.45) is 2.41. The highest BCUT2D eigenvalue weighted by molar-refractivity contribution is 5.95. The minimum Gasteiger partial charge on any atom is -0.438 e. The SMILES string of the molecule is CC1=C[C@]23C(=O)[C@@H](C=C4COC(C)(C)OC4[C@]2(O)[C@H]1OC(=O)N1CCOCC1)[C@H]1[C@@H](C[C@H]3C)C1(C)C. The van der Waals surface area contributed by atoms with Gasteiger partial charge in [0, 0.05) is 19.0 Å². The van der Waals surface area contributed by atoms with E-state index in [2.05, 4.69) is 20.8 Å². The molecule has 2 saturated carbocycles. The summed E-state index contributed by atoms with van der Waals surface area (Å²) in [6, 6.07) is 0. The van der Waals surface area contributed by atoms with Crippen LogP contribution >= 0.6 is 0 Å². The van der Waals surface area contributed by atoms with Crippen LogP contribution in [0.25, 0.3) is 0 Å². The Kier molecular flexibility index (Phi) is 5.23. The molecule has 2 heterocycles. The number of nitrogens with zero attached hydrogens (tertiary/aromatic N) is 1. The van der Waals surface area contributed by atoms with Gasteiger partial charge in [0.1, 0.15) is 6.10 Å². The van der Waals surface area contributed by atoms with Crippen LogP contribution in [0.2, 0.25) is 0 Å². The van der Waals surface area contributed by atoms with Crippen LogP contribution in [0.4, 0.5) is 4.79 Å². The number of hydrogen-bond donors (Lipinski definition) is 1. The number of ketones is 1. The van der Waals surface area contributed by atoms with E-state index in [4.69, 9.17) is 18.9 Å². The van der Waals surface area contributed by atoms with Gasteiger partial charge in [0.05, 0.1) is 25.2 Å². The van der Waals surface area contributed by atoms with E-state index in [0.29, 0.717) is 37.8 Å². The average molecular weight is 502 g/mol. The predicted molar refractivity (Wildman–Crippen MR) is 130 cm³/mol. The van der Waals surface area contributed by atoms with E-state index in [0.717, 1.165) is 12.0 Å². The normalized spacial score (nSPS) is 46.3. The largest absolute Gasteiger partial charge is 0.438 e. The molecule has 8 nitrogen and oxygen atoms in total. The molecule has 8 atom stereocenters. The first kappa shape index (κ1) is 24.6. The first-order chi connectivity index (χ1) is 16.8. The molecular formula is C28H39NO7. The number of morpholine rings is 1. The second-order valence-electron chi connectivity index (χ2n) is 12.9. The Morgan fingerprint density at radius 3 is 2.58 bits per heavy atom. The van der Waals surface area contributed by atoms with Gasteiger partial charge in [-0.25, -0.2) is 4.79 Å². The first-order valence-electron chi connectivity index (χ1n) is 13.4. The van der Waals surface area contributed by atoms with Gasteiger partial charge in [-0.05, 0) is 61.5 Å². The van der Waals surface area contributed by atoms with E-state index >= 15 is 0 Å². The lowest BCUT2D eigenvalue weighted by molar-refractivity contribution is -0.303. The van der Waals surface area contributed by atoms with Gasteiger partial charge in [0.2, 0.25) is 0 Å². The summed E-state index contributed by atoms with van der Waals surface area (Å²) in [5.74, 6) is -0.838. The Morgan fingerprint density at radius 1 is 1.19 bits per heavy atom. The molecule has 8 heteroatoms. The lowest BCUT2D eigenvalue weighted by Crippen LogP contribution is -2.68. The minimum absolute atomic E-state index is 0.0168. The molecule has 0 radical (unpaired) electrons. The molecule has 1 unspecified atom stereocenters. The van der Waals surface area contributed by atoms with Gasteiger partial charge in [-0.15, -0.1) is 0 Å². The van der Waals surface area contributed by atoms with Crippen LogP contribution in [0, 0.1) is 34.5 Å². The quantitative estimate of drug-likeness (QED) is 0.552. The monoisotopic (exact) mass is 501 g/mol. The number of carbonyl (C=O) groups is 2. The molecule has 4 fully saturated rings. The summed E-state index contributed by atoms with van der Waals surface area (Å²) >= 11 is 0. The third kappa shape index (κ3) is 3.07. The topological polar surface area (TPSA) is 94.5 Å². The summed E-state index contributed by atoms with van der Waals surface area (Å²) < 4.78 is 24.0. The van der Waals surface area contributed by atoms with E-state index in [9.17, 15) is 14.7 Å². The molecule has 1 N–H and O–H groups in total. The van der Waals surface area contributed by atoms with Gasteiger partial charge in [-0.3, -0.25) is 4.79 Å². The summed E-state index contributed by atoms with van der Waals surface area (Å²) in [7, 11) is 0. The molecule has 36 heavy (non-hydrogen) atoms. The Morgan fingerprint density at radius 2 is 1.89 bits per heavy atom. The van der Waals surface area contributed by atoms with Gasteiger partial charge < -0.3 is 29.0 Å². The van der Waals surface area contributed by atoms with Crippen LogP contribution < -0.4 is 0 Å². The molecule has 6 rings (SSSR count). The number of carbonyl (C=O) groups excluding carboxylic acids is 2. The highest BCUT2D eigenvalue weighted by Gasteiger charge is 2.77. The van der Waals surface area contributed by atoms with E-state index in [1.165, 1.54) is 0 Å². The van der Waals surface area contributed by atoms with E-state index in [1.54, 1.807) is 4.90 Å². The van der Waals surface area contributed by atoms with Crippen LogP contribution in [-0.4, -0.2) is 78.4 Å². The standard InChI is InChI=1S/C28H39NO7/c1-15-13-27-16(2)11-19-20(25(19,3)4)18(21(27)30)12-17-14-34-26(5,6)36-23(17)28(27,32)22(15)35-24(31)29-7-9-33-10-8-29/h12-13,16,18-20,22-23,32H,7-11,14H2,1-6H3/t16-,18+,19-,20+,22+,23?,27+,28-/m1/s1. The summed E-state index contributed by atoms with van der Waals surface area (Å²) in [5.41, 5.74) is -1.49. The number of Topliss-reactive ketones (excluding diaryl/α,β-unsaturated/α-hetero) is 1. The average Bonchev–Trinajstić information content (AvgIpc) is 3.32. The zero-order valence-electron chi connectivity index (χ0n) is 22.2. The van der Waals surface area contributed by atoms with Crippen molar-refractivity contribution in [2.45, 2.75) is 71.6 Å². The van der Waals surface area contributed by atoms with Crippen LogP contribution in [0.5, 0.6) is 0 Å². The van der Waals surface area contributed by atoms with Gasteiger partial charge in [-0.2, -0.15) is 0 Å². The molecule has 1 spiro atoms. The fraction of sp³-hybridized carbons (Fsp3) is 0.786. The molecule has 0 aromatic rings. The van der Waals surface area contributed by atoms with Crippen molar-refractivity contribution in [3.8, 4) is 0 Å². The Labute approximate surface area is 213 Å². The van der Waals surface area contributed by atoms with Crippen molar-refractivity contribution in [1.29, 1.82) is 0 Å². The van der Waals surface area contributed by atoms with Crippen molar-refractivity contribution in [2.75, 3.05) is 32.9 Å². The van der Waals surface area contributed by atoms with Crippen molar-refractivity contribution in [3.05, 3.63) is 23.3 Å². The number of hydrogen-bond acceptors (Lipinski definition) is 7. The third-order valence-electron chi connectivity index (χ3n) is 10.2. The second kappa shape index (κ2) is 7.65. The molecule has 0 aromatic carbocycles. The van der Waals surface area contributed by atoms with Crippen LogP contribution in [0.15, 0.2) is 23.3 Å².